The summed E-state index contributed by atoms with van der Waals surface area (Å²) in [5.74, 6) is 1.04. The van der Waals surface area contributed by atoms with Gasteiger partial charge in [-0.25, -0.2) is 9.97 Å². The zero-order valence-electron chi connectivity index (χ0n) is 16.0. The summed E-state index contributed by atoms with van der Waals surface area (Å²) in [5, 5.41) is 4.13. The summed E-state index contributed by atoms with van der Waals surface area (Å²) in [4.78, 5) is 29.8. The molecule has 8 heteroatoms. The van der Waals surface area contributed by atoms with Gasteiger partial charge in [0.1, 0.15) is 6.33 Å². The van der Waals surface area contributed by atoms with Gasteiger partial charge in [-0.15, -0.1) is 0 Å². The largest absolute Gasteiger partial charge is 0.337 e. The van der Waals surface area contributed by atoms with Crippen LogP contribution in [0, 0.1) is 13.8 Å². The molecule has 28 heavy (non-hydrogen) atoms. The minimum Gasteiger partial charge on any atom is -0.337 e. The Morgan fingerprint density at radius 2 is 1.75 bits per heavy atom. The maximum atomic E-state index is 13.0. The topological polar surface area (TPSA) is 88.3 Å². The average Bonchev–Trinajstić information content (AvgIpc) is 3.06. The van der Waals surface area contributed by atoms with Crippen LogP contribution in [0.4, 0.5) is 5.95 Å². The molecule has 0 bridgehead atoms. The van der Waals surface area contributed by atoms with E-state index < -0.39 is 0 Å². The molecule has 3 aromatic rings. The molecule has 144 valence electrons. The molecule has 3 heterocycles. The zero-order valence-corrected chi connectivity index (χ0v) is 16.0. The Bertz CT molecular complexity index is 952. The van der Waals surface area contributed by atoms with E-state index in [0.717, 1.165) is 18.5 Å². The van der Waals surface area contributed by atoms with E-state index in [0.29, 0.717) is 48.4 Å². The van der Waals surface area contributed by atoms with E-state index in [-0.39, 0.29) is 5.91 Å². The van der Waals surface area contributed by atoms with Crippen LogP contribution in [-0.4, -0.2) is 57.1 Å². The van der Waals surface area contributed by atoms with Crippen molar-refractivity contribution in [2.75, 3.05) is 31.1 Å². The third-order valence-electron chi connectivity index (χ3n) is 4.94. The lowest BCUT2D eigenvalue weighted by atomic mass is 10.1. The molecule has 2 aromatic heterocycles. The highest BCUT2D eigenvalue weighted by Gasteiger charge is 2.25. The molecular weight excluding hydrogens is 356 g/mol. The molecule has 1 fully saturated rings. The SMILES string of the molecule is Cc1ncnc(C)c1C(=O)N1CCCN(c2noc(-c3ccccc3)n2)CC1. The zero-order chi connectivity index (χ0) is 19.5. The normalized spacial score (nSPS) is 14.8. The van der Waals surface area contributed by atoms with Gasteiger partial charge < -0.3 is 14.3 Å². The Labute approximate surface area is 163 Å². The molecule has 1 amide bonds. The van der Waals surface area contributed by atoms with E-state index in [1.54, 1.807) is 0 Å². The van der Waals surface area contributed by atoms with Crippen molar-refractivity contribution in [1.29, 1.82) is 0 Å². The number of hydrogen-bond donors (Lipinski definition) is 0. The number of nitrogens with zero attached hydrogens (tertiary/aromatic N) is 6. The van der Waals surface area contributed by atoms with Crippen LogP contribution in [0.15, 0.2) is 41.2 Å². The molecule has 4 rings (SSSR count). The van der Waals surface area contributed by atoms with Crippen LogP contribution in [0.2, 0.25) is 0 Å². The van der Waals surface area contributed by atoms with Crippen LogP contribution in [-0.2, 0) is 0 Å². The number of carbonyl (C=O) groups is 1. The van der Waals surface area contributed by atoms with Gasteiger partial charge in [0.25, 0.3) is 17.7 Å². The van der Waals surface area contributed by atoms with Crippen LogP contribution < -0.4 is 4.90 Å². The highest BCUT2D eigenvalue weighted by molar-refractivity contribution is 5.96. The first-order valence-corrected chi connectivity index (χ1v) is 9.35. The summed E-state index contributed by atoms with van der Waals surface area (Å²) in [6, 6.07) is 9.69. The van der Waals surface area contributed by atoms with E-state index in [9.17, 15) is 4.79 Å². The summed E-state index contributed by atoms with van der Waals surface area (Å²) in [6.45, 7) is 6.35. The molecule has 1 saturated heterocycles. The number of amides is 1. The highest BCUT2D eigenvalue weighted by Crippen LogP contribution is 2.21. The number of benzene rings is 1. The Balaban J connectivity index is 1.47. The van der Waals surface area contributed by atoms with Crippen LogP contribution in [0.3, 0.4) is 0 Å². The van der Waals surface area contributed by atoms with Gasteiger partial charge in [-0.3, -0.25) is 4.79 Å². The second-order valence-electron chi connectivity index (χ2n) is 6.82. The molecule has 1 aliphatic rings. The van der Waals surface area contributed by atoms with Gasteiger partial charge >= 0.3 is 0 Å². The van der Waals surface area contributed by atoms with Crippen molar-refractivity contribution >= 4 is 11.9 Å². The molecule has 0 saturated carbocycles. The number of rotatable bonds is 3. The van der Waals surface area contributed by atoms with Crippen molar-refractivity contribution < 1.29 is 9.32 Å². The van der Waals surface area contributed by atoms with Gasteiger partial charge in [0, 0.05) is 31.7 Å². The van der Waals surface area contributed by atoms with Crippen molar-refractivity contribution in [1.82, 2.24) is 25.0 Å². The average molecular weight is 378 g/mol. The minimum atomic E-state index is -0.0180. The molecule has 1 aliphatic heterocycles. The molecule has 0 atom stereocenters. The smallest absolute Gasteiger partial charge is 0.266 e. The second kappa shape index (κ2) is 7.75. The van der Waals surface area contributed by atoms with Crippen molar-refractivity contribution in [2.24, 2.45) is 0 Å². The molecule has 0 N–H and O–H groups in total. The summed E-state index contributed by atoms with van der Waals surface area (Å²) in [7, 11) is 0. The van der Waals surface area contributed by atoms with Gasteiger partial charge in [-0.1, -0.05) is 18.2 Å². The van der Waals surface area contributed by atoms with E-state index in [1.165, 1.54) is 6.33 Å². The number of hydrogen-bond acceptors (Lipinski definition) is 7. The Morgan fingerprint density at radius 1 is 1.00 bits per heavy atom. The maximum Gasteiger partial charge on any atom is 0.266 e. The van der Waals surface area contributed by atoms with E-state index in [1.807, 2.05) is 49.1 Å². The molecule has 1 aromatic carbocycles. The molecule has 8 nitrogen and oxygen atoms in total. The predicted molar refractivity (Wildman–Crippen MR) is 104 cm³/mol. The van der Waals surface area contributed by atoms with Gasteiger partial charge in [-0.05, 0) is 37.6 Å². The summed E-state index contributed by atoms with van der Waals surface area (Å²) >= 11 is 0. The minimum absolute atomic E-state index is 0.0180. The molecule has 0 spiro atoms. The third-order valence-corrected chi connectivity index (χ3v) is 4.94. The Hall–Kier alpha value is -3.29. The van der Waals surface area contributed by atoms with E-state index >= 15 is 0 Å². The Morgan fingerprint density at radius 3 is 2.50 bits per heavy atom. The van der Waals surface area contributed by atoms with Crippen LogP contribution in [0.1, 0.15) is 28.2 Å². The van der Waals surface area contributed by atoms with Crippen LogP contribution in [0.25, 0.3) is 11.5 Å². The lowest BCUT2D eigenvalue weighted by Gasteiger charge is -2.22. The van der Waals surface area contributed by atoms with Gasteiger partial charge in [0.05, 0.1) is 17.0 Å². The fourth-order valence-electron chi connectivity index (χ4n) is 3.42. The van der Waals surface area contributed by atoms with Crippen molar-refractivity contribution in [3.05, 3.63) is 53.6 Å². The highest BCUT2D eigenvalue weighted by atomic mass is 16.5. The summed E-state index contributed by atoms with van der Waals surface area (Å²) in [5.41, 5.74) is 2.92. The number of anilines is 1. The molecule has 0 unspecified atom stereocenters. The standard InChI is InChI=1S/C20H22N6O2/c1-14-17(15(2)22-13-21-14)19(27)25-9-6-10-26(12-11-25)20-23-18(28-24-20)16-7-4-3-5-8-16/h3-5,7-8,13H,6,9-12H2,1-2H3. The fraction of sp³-hybridized carbons (Fsp3) is 0.350. The molecular formula is C20H22N6O2. The number of aromatic nitrogens is 4. The van der Waals surface area contributed by atoms with E-state index in [2.05, 4.69) is 25.0 Å². The van der Waals surface area contributed by atoms with Crippen molar-refractivity contribution in [2.45, 2.75) is 20.3 Å². The predicted octanol–water partition coefficient (Wildman–Crippen LogP) is 2.50. The fourth-order valence-corrected chi connectivity index (χ4v) is 3.42. The van der Waals surface area contributed by atoms with Gasteiger partial charge in [-0.2, -0.15) is 4.98 Å². The summed E-state index contributed by atoms with van der Waals surface area (Å²) in [6.07, 6.45) is 2.32. The van der Waals surface area contributed by atoms with Gasteiger partial charge in [0.15, 0.2) is 0 Å². The van der Waals surface area contributed by atoms with Crippen molar-refractivity contribution in [3.63, 3.8) is 0 Å². The first kappa shape index (κ1) is 18.1. The quantitative estimate of drug-likeness (QED) is 0.692. The third kappa shape index (κ3) is 3.58. The monoisotopic (exact) mass is 378 g/mol. The van der Waals surface area contributed by atoms with Crippen LogP contribution in [0.5, 0.6) is 0 Å². The summed E-state index contributed by atoms with van der Waals surface area (Å²) < 4.78 is 5.42. The van der Waals surface area contributed by atoms with Crippen molar-refractivity contribution in [3.8, 4) is 11.5 Å². The van der Waals surface area contributed by atoms with E-state index in [4.69, 9.17) is 4.52 Å². The second-order valence-corrected chi connectivity index (χ2v) is 6.82. The Kier molecular flexibility index (Phi) is 5.01. The van der Waals surface area contributed by atoms with Gasteiger partial charge in [0.2, 0.25) is 0 Å². The maximum absolute atomic E-state index is 13.0. The van der Waals surface area contributed by atoms with Crippen LogP contribution >= 0.6 is 0 Å². The lowest BCUT2D eigenvalue weighted by Crippen LogP contribution is -2.36. The lowest BCUT2D eigenvalue weighted by molar-refractivity contribution is 0.0764. The number of carbonyl (C=O) groups excluding carboxylic acids is 1. The molecule has 0 radical (unpaired) electrons. The first-order chi connectivity index (χ1) is 13.6. The first-order valence-electron chi connectivity index (χ1n) is 9.35. The molecule has 0 aliphatic carbocycles. The number of aryl methyl sites for hydroxylation is 2.